The van der Waals surface area contributed by atoms with Crippen molar-refractivity contribution in [1.29, 1.82) is 0 Å². The monoisotopic (exact) mass is 545 g/mol. The van der Waals surface area contributed by atoms with Crippen LogP contribution >= 0.6 is 0 Å². The number of methoxy groups -OCH3 is 1. The molecule has 4 aromatic rings. The van der Waals surface area contributed by atoms with E-state index in [0.717, 1.165) is 5.69 Å². The van der Waals surface area contributed by atoms with Gasteiger partial charge in [0.05, 0.1) is 34.5 Å². The Hall–Kier alpha value is -4.64. The van der Waals surface area contributed by atoms with Crippen LogP contribution in [0, 0.1) is 6.92 Å². The molecule has 0 saturated heterocycles. The van der Waals surface area contributed by atoms with E-state index >= 15 is 0 Å². The molecule has 2 amide bonds. The average molecular weight is 546 g/mol. The summed E-state index contributed by atoms with van der Waals surface area (Å²) in [7, 11) is -0.115. The molecule has 2 aromatic carbocycles. The van der Waals surface area contributed by atoms with Gasteiger partial charge >= 0.3 is 5.97 Å². The number of nitrogens with one attached hydrogen (secondary N) is 1. The molecule has 1 atom stereocenters. The van der Waals surface area contributed by atoms with Crippen LogP contribution < -0.4 is 5.32 Å². The first-order valence-corrected chi connectivity index (χ1v) is 13.8. The normalized spacial score (nSPS) is 12.3. The maximum absolute atomic E-state index is 13.4. The smallest absolute Gasteiger partial charge is 0.309 e. The van der Waals surface area contributed by atoms with Crippen molar-refractivity contribution in [1.82, 2.24) is 14.8 Å². The second-order valence-corrected chi connectivity index (χ2v) is 11.2. The molecule has 0 aliphatic heterocycles. The molecule has 4 rings (SSSR count). The van der Waals surface area contributed by atoms with Crippen LogP contribution in [0.3, 0.4) is 0 Å². The molecule has 2 heterocycles. The molecule has 0 spiro atoms. The van der Waals surface area contributed by atoms with Crippen molar-refractivity contribution in [2.24, 2.45) is 11.4 Å². The van der Waals surface area contributed by atoms with Crippen LogP contribution in [-0.2, 0) is 32.7 Å². The Balaban J connectivity index is 1.57. The molecular formula is C28H27N5O5S. The first-order valence-electron chi connectivity index (χ1n) is 11.9. The second-order valence-electron chi connectivity index (χ2n) is 8.89. The Morgan fingerprint density at radius 1 is 1.03 bits per heavy atom. The Morgan fingerprint density at radius 2 is 1.79 bits per heavy atom. The lowest BCUT2D eigenvalue weighted by Crippen LogP contribution is -2.16. The summed E-state index contributed by atoms with van der Waals surface area (Å²) < 4.78 is 23.5. The summed E-state index contributed by atoms with van der Waals surface area (Å²) >= 11 is 0. The number of benzene rings is 2. The van der Waals surface area contributed by atoms with Crippen LogP contribution in [0.2, 0.25) is 0 Å². The van der Waals surface area contributed by atoms with Gasteiger partial charge in [0, 0.05) is 41.8 Å². The molecule has 0 bridgehead atoms. The second kappa shape index (κ2) is 11.4. The van der Waals surface area contributed by atoms with Crippen LogP contribution in [0.1, 0.15) is 32.1 Å². The lowest BCUT2D eigenvalue weighted by Gasteiger charge is -2.09. The molecule has 39 heavy (non-hydrogen) atoms. The largest absolute Gasteiger partial charge is 0.469 e. The van der Waals surface area contributed by atoms with Gasteiger partial charge in [-0.15, -0.1) is 0 Å². The summed E-state index contributed by atoms with van der Waals surface area (Å²) in [6.07, 6.45) is 4.33. The van der Waals surface area contributed by atoms with Crippen molar-refractivity contribution < 1.29 is 23.3 Å². The summed E-state index contributed by atoms with van der Waals surface area (Å²) in [6, 6.07) is 17.0. The zero-order chi connectivity index (χ0) is 28.2. The molecule has 0 radical (unpaired) electrons. The minimum atomic E-state index is -3.11. The van der Waals surface area contributed by atoms with Crippen LogP contribution in [0.5, 0.6) is 0 Å². The molecule has 0 fully saturated rings. The maximum Gasteiger partial charge on any atom is 0.309 e. The number of aromatic nitrogens is 3. The Labute approximate surface area is 226 Å². The fraction of sp³-hybridized carbons (Fsp3) is 0.179. The Morgan fingerprint density at radius 3 is 2.51 bits per heavy atom. The minimum Gasteiger partial charge on any atom is -0.469 e. The van der Waals surface area contributed by atoms with Gasteiger partial charge in [0.1, 0.15) is 5.69 Å². The van der Waals surface area contributed by atoms with Crippen molar-refractivity contribution in [3.05, 3.63) is 95.6 Å². The topological polar surface area (TPSA) is 133 Å². The van der Waals surface area contributed by atoms with Gasteiger partial charge in [0.2, 0.25) is 0 Å². The molecule has 2 aromatic heterocycles. The molecule has 1 N–H and O–H groups in total. The summed E-state index contributed by atoms with van der Waals surface area (Å²) in [4.78, 5) is 41.8. The lowest BCUT2D eigenvalue weighted by atomic mass is 10.1. The zero-order valence-corrected chi connectivity index (χ0v) is 22.7. The molecular weight excluding hydrogens is 518 g/mol. The standard InChI is InChI=1S/C28H27N5O5S/c1-18-11-25(33(2)31-18)28(36)30-23-9-6-8-20(15-23)21-14-22(17-29-16-21)27(35)32-39(4,37)24-10-5-7-19(12-24)13-26(34)38-3/h5-12,14-17H,13H2,1-4H3,(H,30,36). The molecule has 0 aliphatic rings. The van der Waals surface area contributed by atoms with Gasteiger partial charge in [-0.3, -0.25) is 24.0 Å². The molecule has 0 aliphatic carbocycles. The number of amides is 2. The highest BCUT2D eigenvalue weighted by Gasteiger charge is 2.15. The van der Waals surface area contributed by atoms with Crippen molar-refractivity contribution in [3.8, 4) is 11.1 Å². The predicted octanol–water partition coefficient (Wildman–Crippen LogP) is 4.06. The van der Waals surface area contributed by atoms with E-state index in [1.54, 1.807) is 67.8 Å². The van der Waals surface area contributed by atoms with Crippen molar-refractivity contribution in [2.45, 2.75) is 18.2 Å². The SMILES string of the molecule is COC(=O)Cc1cccc(S(C)(=O)=NC(=O)c2cncc(-c3cccc(NC(=O)c4cc(C)nn4C)c3)c2)c1. The number of aryl methyl sites for hydroxylation is 2. The number of hydrogen-bond donors (Lipinski definition) is 1. The van der Waals surface area contributed by atoms with Gasteiger partial charge in [0.25, 0.3) is 11.8 Å². The summed E-state index contributed by atoms with van der Waals surface area (Å²) in [5, 5.41) is 7.05. The number of anilines is 1. The van der Waals surface area contributed by atoms with Gasteiger partial charge in [0.15, 0.2) is 0 Å². The molecule has 11 heteroatoms. The van der Waals surface area contributed by atoms with Gasteiger partial charge in [-0.25, -0.2) is 4.21 Å². The van der Waals surface area contributed by atoms with E-state index in [1.807, 2.05) is 13.0 Å². The number of rotatable bonds is 7. The molecule has 10 nitrogen and oxygen atoms in total. The lowest BCUT2D eigenvalue weighted by molar-refractivity contribution is -0.139. The third kappa shape index (κ3) is 6.63. The van der Waals surface area contributed by atoms with Crippen molar-refractivity contribution >= 4 is 33.2 Å². The molecule has 0 saturated carbocycles. The number of esters is 1. The van der Waals surface area contributed by atoms with E-state index in [9.17, 15) is 18.6 Å². The van der Waals surface area contributed by atoms with Gasteiger partial charge in [-0.2, -0.15) is 9.46 Å². The van der Waals surface area contributed by atoms with E-state index in [4.69, 9.17) is 0 Å². The van der Waals surface area contributed by atoms with Gasteiger partial charge in [-0.1, -0.05) is 24.3 Å². The summed E-state index contributed by atoms with van der Waals surface area (Å²) in [5.41, 5.74) is 3.81. The number of nitrogens with zero attached hydrogens (tertiary/aromatic N) is 4. The number of pyridine rings is 1. The Kier molecular flexibility index (Phi) is 8.01. The van der Waals surface area contributed by atoms with E-state index in [-0.39, 0.29) is 17.9 Å². The van der Waals surface area contributed by atoms with Crippen molar-refractivity contribution in [3.63, 3.8) is 0 Å². The molecule has 200 valence electrons. The van der Waals surface area contributed by atoms with Crippen LogP contribution in [0.4, 0.5) is 5.69 Å². The van der Waals surface area contributed by atoms with Crippen LogP contribution in [-0.4, -0.2) is 50.1 Å². The summed E-state index contributed by atoms with van der Waals surface area (Å²) in [6.45, 7) is 1.81. The fourth-order valence-electron chi connectivity index (χ4n) is 3.90. The minimum absolute atomic E-state index is 0.0149. The quantitative estimate of drug-likeness (QED) is 0.346. The van der Waals surface area contributed by atoms with E-state index in [2.05, 4.69) is 24.5 Å². The highest BCUT2D eigenvalue weighted by molar-refractivity contribution is 7.93. The average Bonchev–Trinajstić information content (AvgIpc) is 3.26. The Bertz CT molecular complexity index is 1700. The first-order chi connectivity index (χ1) is 18.6. The highest BCUT2D eigenvalue weighted by atomic mass is 32.2. The van der Waals surface area contributed by atoms with Gasteiger partial charge in [-0.05, 0) is 54.4 Å². The zero-order valence-electron chi connectivity index (χ0n) is 21.9. The number of carbonyl (C=O) groups excluding carboxylic acids is 3. The van der Waals surface area contributed by atoms with E-state index in [1.165, 1.54) is 24.2 Å². The van der Waals surface area contributed by atoms with Crippen molar-refractivity contribution in [2.75, 3.05) is 18.7 Å². The van der Waals surface area contributed by atoms with Crippen LogP contribution in [0.15, 0.2) is 82.3 Å². The third-order valence-electron chi connectivity index (χ3n) is 5.84. The third-order valence-corrected chi connectivity index (χ3v) is 7.49. The van der Waals surface area contributed by atoms with Crippen LogP contribution in [0.25, 0.3) is 11.1 Å². The highest BCUT2D eigenvalue weighted by Crippen LogP contribution is 2.24. The molecule has 1 unspecified atom stereocenters. The van der Waals surface area contributed by atoms with E-state index in [0.29, 0.717) is 33.0 Å². The maximum atomic E-state index is 13.4. The number of carbonyl (C=O) groups is 3. The predicted molar refractivity (Wildman–Crippen MR) is 147 cm³/mol. The fourth-order valence-corrected chi connectivity index (χ4v) is 5.13. The van der Waals surface area contributed by atoms with Gasteiger partial charge < -0.3 is 10.1 Å². The number of ether oxygens (including phenoxy) is 1. The first kappa shape index (κ1) is 27.4. The summed E-state index contributed by atoms with van der Waals surface area (Å²) in [5.74, 6) is -1.42. The number of hydrogen-bond acceptors (Lipinski definition) is 7. The van der Waals surface area contributed by atoms with E-state index < -0.39 is 21.6 Å².